The molecule has 0 saturated carbocycles. The summed E-state index contributed by atoms with van der Waals surface area (Å²) in [5.41, 5.74) is 0.677. The van der Waals surface area contributed by atoms with E-state index in [1.165, 1.54) is 32.1 Å². The first-order valence-electron chi connectivity index (χ1n) is 7.70. The number of fused-ring (bicyclic) bond motifs is 1. The Morgan fingerprint density at radius 2 is 2.05 bits per heavy atom. The van der Waals surface area contributed by atoms with Gasteiger partial charge < -0.3 is 9.84 Å². The highest BCUT2D eigenvalue weighted by molar-refractivity contribution is 9.10. The SMILES string of the molecule is CCCCCCCC1(C)C[C@@H](O)c2ccc(Br)cc2O1. The third-order valence-electron chi connectivity index (χ3n) is 4.13. The zero-order valence-corrected chi connectivity index (χ0v) is 14.1. The summed E-state index contributed by atoms with van der Waals surface area (Å²) < 4.78 is 7.18. The highest BCUT2D eigenvalue weighted by atomic mass is 79.9. The van der Waals surface area contributed by atoms with Crippen LogP contribution in [0.5, 0.6) is 5.75 Å². The summed E-state index contributed by atoms with van der Waals surface area (Å²) in [7, 11) is 0. The van der Waals surface area contributed by atoms with Crippen molar-refractivity contribution in [3.05, 3.63) is 28.2 Å². The average molecular weight is 341 g/mol. The molecule has 1 aromatic carbocycles. The molecule has 0 aliphatic carbocycles. The maximum absolute atomic E-state index is 10.3. The van der Waals surface area contributed by atoms with Gasteiger partial charge in [-0.1, -0.05) is 54.6 Å². The number of hydrogen-bond acceptors (Lipinski definition) is 2. The Morgan fingerprint density at radius 3 is 2.80 bits per heavy atom. The smallest absolute Gasteiger partial charge is 0.127 e. The Labute approximate surface area is 130 Å². The summed E-state index contributed by atoms with van der Waals surface area (Å²) in [5.74, 6) is 0.828. The molecule has 0 saturated heterocycles. The summed E-state index contributed by atoms with van der Waals surface area (Å²) in [4.78, 5) is 0. The van der Waals surface area contributed by atoms with E-state index in [2.05, 4.69) is 29.8 Å². The minimum absolute atomic E-state index is 0.237. The number of hydrogen-bond donors (Lipinski definition) is 1. The number of benzene rings is 1. The van der Waals surface area contributed by atoms with Crippen molar-refractivity contribution in [3.8, 4) is 5.75 Å². The molecule has 0 spiro atoms. The van der Waals surface area contributed by atoms with Crippen LogP contribution in [0, 0.1) is 0 Å². The average Bonchev–Trinajstić information content (AvgIpc) is 2.37. The van der Waals surface area contributed by atoms with Gasteiger partial charge in [-0.25, -0.2) is 0 Å². The Bertz CT molecular complexity index is 447. The van der Waals surface area contributed by atoms with E-state index in [1.807, 2.05) is 18.2 Å². The van der Waals surface area contributed by atoms with Gasteiger partial charge in [-0.15, -0.1) is 0 Å². The first-order valence-corrected chi connectivity index (χ1v) is 8.50. The third-order valence-corrected chi connectivity index (χ3v) is 4.62. The number of unbranched alkanes of at least 4 members (excludes halogenated alkanes) is 4. The molecular formula is C17H25BrO2. The van der Waals surface area contributed by atoms with Crippen molar-refractivity contribution in [1.82, 2.24) is 0 Å². The fourth-order valence-corrected chi connectivity index (χ4v) is 3.29. The predicted octanol–water partition coefficient (Wildman–Crippen LogP) is 5.38. The molecule has 0 radical (unpaired) electrons. The van der Waals surface area contributed by atoms with Gasteiger partial charge in [0, 0.05) is 16.5 Å². The van der Waals surface area contributed by atoms with E-state index >= 15 is 0 Å². The van der Waals surface area contributed by atoms with Crippen molar-refractivity contribution < 1.29 is 9.84 Å². The Balaban J connectivity index is 1.97. The minimum Gasteiger partial charge on any atom is -0.487 e. The van der Waals surface area contributed by atoms with E-state index in [-0.39, 0.29) is 5.60 Å². The fraction of sp³-hybridized carbons (Fsp3) is 0.647. The largest absolute Gasteiger partial charge is 0.487 e. The van der Waals surface area contributed by atoms with Gasteiger partial charge in [-0.2, -0.15) is 0 Å². The van der Waals surface area contributed by atoms with Crippen LogP contribution in [0.2, 0.25) is 0 Å². The van der Waals surface area contributed by atoms with Crippen LogP contribution in [-0.4, -0.2) is 10.7 Å². The molecule has 1 unspecified atom stereocenters. The van der Waals surface area contributed by atoms with Crippen LogP contribution in [0.1, 0.15) is 70.5 Å². The first kappa shape index (κ1) is 15.8. The number of ether oxygens (including phenoxy) is 1. The van der Waals surface area contributed by atoms with Crippen LogP contribution in [0.3, 0.4) is 0 Å². The second kappa shape index (κ2) is 6.95. The van der Waals surface area contributed by atoms with Crippen LogP contribution in [0.4, 0.5) is 0 Å². The van der Waals surface area contributed by atoms with Gasteiger partial charge in [0.2, 0.25) is 0 Å². The van der Waals surface area contributed by atoms with Crippen molar-refractivity contribution in [1.29, 1.82) is 0 Å². The van der Waals surface area contributed by atoms with Gasteiger partial charge in [0.05, 0.1) is 6.10 Å². The van der Waals surface area contributed by atoms with Gasteiger partial charge >= 0.3 is 0 Å². The van der Waals surface area contributed by atoms with Gasteiger partial charge in [0.25, 0.3) is 0 Å². The fourth-order valence-electron chi connectivity index (χ4n) is 2.95. The molecule has 20 heavy (non-hydrogen) atoms. The second-order valence-corrected chi connectivity index (χ2v) is 7.03. The Hall–Kier alpha value is -0.540. The molecule has 1 heterocycles. The molecule has 1 aliphatic heterocycles. The zero-order valence-electron chi connectivity index (χ0n) is 12.5. The molecule has 2 rings (SSSR count). The number of halogens is 1. The maximum atomic E-state index is 10.3. The van der Waals surface area contributed by atoms with Crippen molar-refractivity contribution in [3.63, 3.8) is 0 Å². The topological polar surface area (TPSA) is 29.5 Å². The summed E-state index contributed by atoms with van der Waals surface area (Å²) in [6, 6.07) is 5.87. The first-order chi connectivity index (χ1) is 9.54. The molecule has 0 aromatic heterocycles. The van der Waals surface area contributed by atoms with Gasteiger partial charge in [-0.3, -0.25) is 0 Å². The predicted molar refractivity (Wildman–Crippen MR) is 86.1 cm³/mol. The lowest BCUT2D eigenvalue weighted by molar-refractivity contribution is -0.00855. The minimum atomic E-state index is -0.410. The van der Waals surface area contributed by atoms with Gasteiger partial charge in [0.1, 0.15) is 11.4 Å². The highest BCUT2D eigenvalue weighted by Gasteiger charge is 2.36. The molecule has 2 nitrogen and oxygen atoms in total. The van der Waals surface area contributed by atoms with Crippen LogP contribution >= 0.6 is 15.9 Å². The molecule has 1 N–H and O–H groups in total. The normalized spacial score (nSPS) is 25.1. The van der Waals surface area contributed by atoms with E-state index in [9.17, 15) is 5.11 Å². The van der Waals surface area contributed by atoms with E-state index in [0.29, 0.717) is 6.42 Å². The Kier molecular flexibility index (Phi) is 5.50. The summed E-state index contributed by atoms with van der Waals surface area (Å²) >= 11 is 3.47. The number of aliphatic hydroxyl groups is 1. The van der Waals surface area contributed by atoms with Crippen molar-refractivity contribution in [2.75, 3.05) is 0 Å². The monoisotopic (exact) mass is 340 g/mol. The third kappa shape index (κ3) is 3.98. The quantitative estimate of drug-likeness (QED) is 0.704. The maximum Gasteiger partial charge on any atom is 0.127 e. The second-order valence-electron chi connectivity index (χ2n) is 6.12. The van der Waals surface area contributed by atoms with E-state index in [1.54, 1.807) is 0 Å². The highest BCUT2D eigenvalue weighted by Crippen LogP contribution is 2.42. The summed E-state index contributed by atoms with van der Waals surface area (Å²) in [6.45, 7) is 4.36. The molecule has 0 bridgehead atoms. The number of aliphatic hydroxyl groups excluding tert-OH is 1. The Morgan fingerprint density at radius 1 is 1.30 bits per heavy atom. The molecule has 0 fully saturated rings. The summed E-state index contributed by atoms with van der Waals surface area (Å²) in [6.07, 6.45) is 7.62. The molecule has 112 valence electrons. The molecule has 2 atom stereocenters. The van der Waals surface area contributed by atoms with Crippen LogP contribution in [-0.2, 0) is 0 Å². The number of rotatable bonds is 6. The molecule has 0 amide bonds. The molecular weight excluding hydrogens is 316 g/mol. The zero-order chi connectivity index (χ0) is 14.6. The van der Waals surface area contributed by atoms with Crippen LogP contribution in [0.15, 0.2) is 22.7 Å². The van der Waals surface area contributed by atoms with Gasteiger partial charge in [0.15, 0.2) is 0 Å². The van der Waals surface area contributed by atoms with E-state index < -0.39 is 6.10 Å². The molecule has 1 aromatic rings. The van der Waals surface area contributed by atoms with Gasteiger partial charge in [-0.05, 0) is 31.9 Å². The van der Waals surface area contributed by atoms with Crippen molar-refractivity contribution >= 4 is 15.9 Å². The lowest BCUT2D eigenvalue weighted by Gasteiger charge is -2.38. The molecule has 1 aliphatic rings. The van der Waals surface area contributed by atoms with E-state index in [4.69, 9.17) is 4.74 Å². The lowest BCUT2D eigenvalue weighted by Crippen LogP contribution is -2.38. The standard InChI is InChI=1S/C17H25BrO2/c1-3-4-5-6-7-10-17(2)12-15(19)14-9-8-13(18)11-16(14)20-17/h8-9,11,15,19H,3-7,10,12H2,1-2H3/t15-,17?/m1/s1. The van der Waals surface area contributed by atoms with Crippen LogP contribution in [0.25, 0.3) is 0 Å². The molecule has 3 heteroatoms. The summed E-state index contributed by atoms with van der Waals surface area (Å²) in [5, 5.41) is 10.3. The lowest BCUT2D eigenvalue weighted by atomic mass is 9.86. The van der Waals surface area contributed by atoms with Crippen molar-refractivity contribution in [2.24, 2.45) is 0 Å². The van der Waals surface area contributed by atoms with E-state index in [0.717, 1.165) is 22.2 Å². The van der Waals surface area contributed by atoms with Crippen LogP contribution < -0.4 is 4.74 Å². The van der Waals surface area contributed by atoms with Crippen molar-refractivity contribution in [2.45, 2.75) is 70.5 Å².